The summed E-state index contributed by atoms with van der Waals surface area (Å²) in [6.07, 6.45) is 1.63. The van der Waals surface area contributed by atoms with Gasteiger partial charge in [0, 0.05) is 11.1 Å². The maximum absolute atomic E-state index is 14.1. The van der Waals surface area contributed by atoms with Crippen molar-refractivity contribution in [3.05, 3.63) is 117 Å². The number of imide groups is 1. The van der Waals surface area contributed by atoms with Gasteiger partial charge in [0.1, 0.15) is 18.2 Å². The van der Waals surface area contributed by atoms with Crippen LogP contribution in [-0.2, 0) is 17.9 Å². The fourth-order valence-electron chi connectivity index (χ4n) is 3.85. The summed E-state index contributed by atoms with van der Waals surface area (Å²) >= 11 is 6.99. The number of ether oxygens (including phenoxy) is 1. The van der Waals surface area contributed by atoms with E-state index in [0.717, 1.165) is 28.1 Å². The zero-order chi connectivity index (χ0) is 24.4. The van der Waals surface area contributed by atoms with Gasteiger partial charge in [0.2, 0.25) is 0 Å². The predicted molar refractivity (Wildman–Crippen MR) is 138 cm³/mol. The van der Waals surface area contributed by atoms with E-state index >= 15 is 0 Å². The van der Waals surface area contributed by atoms with Crippen LogP contribution in [0.25, 0.3) is 16.8 Å². The highest BCUT2D eigenvalue weighted by molar-refractivity contribution is 8.18. The van der Waals surface area contributed by atoms with Crippen molar-refractivity contribution in [1.82, 2.24) is 4.90 Å². The average Bonchev–Trinajstić information content (AvgIpc) is 3.12. The van der Waals surface area contributed by atoms with Crippen molar-refractivity contribution in [3.8, 4) is 5.75 Å². The zero-order valence-electron chi connectivity index (χ0n) is 18.4. The molecule has 1 heterocycles. The van der Waals surface area contributed by atoms with Crippen molar-refractivity contribution < 1.29 is 18.7 Å². The number of benzene rings is 4. The summed E-state index contributed by atoms with van der Waals surface area (Å²) in [4.78, 5) is 27.3. The van der Waals surface area contributed by atoms with Crippen LogP contribution in [-0.4, -0.2) is 16.0 Å². The Hall–Kier alpha value is -3.61. The molecular formula is C28H19ClFNO3S. The lowest BCUT2D eigenvalue weighted by Crippen LogP contribution is -2.27. The van der Waals surface area contributed by atoms with Crippen molar-refractivity contribution in [2.24, 2.45) is 0 Å². The molecule has 1 saturated heterocycles. The molecule has 0 radical (unpaired) electrons. The van der Waals surface area contributed by atoms with Gasteiger partial charge in [-0.1, -0.05) is 72.3 Å². The number of carbonyl (C=O) groups is 2. The molecule has 35 heavy (non-hydrogen) atoms. The third kappa shape index (κ3) is 4.94. The van der Waals surface area contributed by atoms with Crippen LogP contribution in [0.4, 0.5) is 9.18 Å². The molecule has 1 fully saturated rings. The number of amides is 2. The summed E-state index contributed by atoms with van der Waals surface area (Å²) < 4.78 is 19.9. The van der Waals surface area contributed by atoms with E-state index < -0.39 is 5.82 Å². The molecule has 5 rings (SSSR count). The molecule has 4 aromatic rings. The second kappa shape index (κ2) is 9.94. The van der Waals surface area contributed by atoms with Crippen LogP contribution in [0.1, 0.15) is 16.7 Å². The number of hydrogen-bond donors (Lipinski definition) is 0. The monoisotopic (exact) mass is 503 g/mol. The number of nitrogens with zero attached hydrogens (tertiary/aromatic N) is 1. The van der Waals surface area contributed by atoms with Gasteiger partial charge in [-0.15, -0.1) is 0 Å². The average molecular weight is 504 g/mol. The van der Waals surface area contributed by atoms with Gasteiger partial charge in [0.15, 0.2) is 0 Å². The Labute approximate surface area is 211 Å². The van der Waals surface area contributed by atoms with Gasteiger partial charge in [-0.3, -0.25) is 14.5 Å². The van der Waals surface area contributed by atoms with E-state index in [9.17, 15) is 14.0 Å². The summed E-state index contributed by atoms with van der Waals surface area (Å²) in [7, 11) is 0. The van der Waals surface area contributed by atoms with E-state index in [0.29, 0.717) is 16.2 Å². The van der Waals surface area contributed by atoms with E-state index in [-0.39, 0.29) is 34.9 Å². The fourth-order valence-corrected chi connectivity index (χ4v) is 4.90. The zero-order valence-corrected chi connectivity index (χ0v) is 20.0. The second-order valence-corrected chi connectivity index (χ2v) is 9.38. The molecular weight excluding hydrogens is 485 g/mol. The molecule has 174 valence electrons. The predicted octanol–water partition coefficient (Wildman–Crippen LogP) is 7.45. The van der Waals surface area contributed by atoms with E-state index in [4.69, 9.17) is 16.3 Å². The van der Waals surface area contributed by atoms with Gasteiger partial charge in [0.05, 0.1) is 16.5 Å². The van der Waals surface area contributed by atoms with Crippen molar-refractivity contribution in [2.75, 3.05) is 0 Å². The van der Waals surface area contributed by atoms with Crippen LogP contribution in [0.5, 0.6) is 5.75 Å². The van der Waals surface area contributed by atoms with Gasteiger partial charge < -0.3 is 4.74 Å². The molecule has 4 nitrogen and oxygen atoms in total. The molecule has 0 aromatic heterocycles. The molecule has 0 bridgehead atoms. The Kier molecular flexibility index (Phi) is 6.57. The third-order valence-electron chi connectivity index (χ3n) is 5.67. The third-order valence-corrected chi connectivity index (χ3v) is 6.93. The highest BCUT2D eigenvalue weighted by Gasteiger charge is 2.35. The van der Waals surface area contributed by atoms with Crippen LogP contribution in [0.2, 0.25) is 5.02 Å². The number of para-hydroxylation sites is 1. The standard InChI is InChI=1S/C28H19ClFNO3S/c29-23-9-5-10-24(30)22(23)17-34-25-11-4-3-8-21(25)15-26-27(32)31(28(33)35-26)16-18-12-13-19-6-1-2-7-20(19)14-18/h1-15H,16-17H2/b26-15-. The first kappa shape index (κ1) is 23.1. The molecule has 0 spiro atoms. The first-order valence-corrected chi connectivity index (χ1v) is 12.1. The van der Waals surface area contributed by atoms with Gasteiger partial charge in [-0.25, -0.2) is 4.39 Å². The topological polar surface area (TPSA) is 46.6 Å². The molecule has 0 unspecified atom stereocenters. The van der Waals surface area contributed by atoms with Crippen molar-refractivity contribution in [2.45, 2.75) is 13.2 Å². The lowest BCUT2D eigenvalue weighted by atomic mass is 10.1. The Morgan fingerprint density at radius 1 is 0.914 bits per heavy atom. The Balaban J connectivity index is 1.35. The normalized spacial score (nSPS) is 14.8. The number of halogens is 2. The molecule has 0 saturated carbocycles. The van der Waals surface area contributed by atoms with Gasteiger partial charge >= 0.3 is 0 Å². The first-order valence-electron chi connectivity index (χ1n) is 10.9. The Bertz CT molecular complexity index is 1470. The van der Waals surface area contributed by atoms with E-state index in [1.54, 1.807) is 36.4 Å². The molecule has 0 aliphatic carbocycles. The smallest absolute Gasteiger partial charge is 0.293 e. The maximum atomic E-state index is 14.1. The molecule has 1 aliphatic rings. The summed E-state index contributed by atoms with van der Waals surface area (Å²) in [6, 6.07) is 25.3. The van der Waals surface area contributed by atoms with Gasteiger partial charge in [-0.05, 0) is 58.4 Å². The SMILES string of the molecule is O=C1S/C(=C\c2ccccc2OCc2c(F)cccc2Cl)C(=O)N1Cc1ccc2ccccc2c1. The highest BCUT2D eigenvalue weighted by Crippen LogP contribution is 2.35. The van der Waals surface area contributed by atoms with E-state index in [1.807, 2.05) is 42.5 Å². The lowest BCUT2D eigenvalue weighted by molar-refractivity contribution is -0.123. The van der Waals surface area contributed by atoms with Crippen LogP contribution >= 0.6 is 23.4 Å². The molecule has 7 heteroatoms. The van der Waals surface area contributed by atoms with Crippen molar-refractivity contribution in [1.29, 1.82) is 0 Å². The minimum absolute atomic E-state index is 0.0696. The van der Waals surface area contributed by atoms with Gasteiger partial charge in [-0.2, -0.15) is 0 Å². The number of carbonyl (C=O) groups excluding carboxylic acids is 2. The van der Waals surface area contributed by atoms with Crippen molar-refractivity contribution >= 4 is 51.4 Å². The minimum Gasteiger partial charge on any atom is -0.488 e. The van der Waals surface area contributed by atoms with Crippen LogP contribution in [0, 0.1) is 5.82 Å². The fraction of sp³-hybridized carbons (Fsp3) is 0.0714. The van der Waals surface area contributed by atoms with Crippen molar-refractivity contribution in [3.63, 3.8) is 0 Å². The second-order valence-electron chi connectivity index (χ2n) is 7.98. The number of rotatable bonds is 6. The molecule has 0 N–H and O–H groups in total. The first-order chi connectivity index (χ1) is 17.0. The van der Waals surface area contributed by atoms with Gasteiger partial charge in [0.25, 0.3) is 11.1 Å². The summed E-state index contributed by atoms with van der Waals surface area (Å²) in [5.74, 6) is -0.363. The van der Waals surface area contributed by atoms with Crippen LogP contribution in [0.3, 0.4) is 0 Å². The van der Waals surface area contributed by atoms with Crippen LogP contribution in [0.15, 0.2) is 89.8 Å². The number of hydrogen-bond acceptors (Lipinski definition) is 4. The largest absolute Gasteiger partial charge is 0.488 e. The molecule has 0 atom stereocenters. The van der Waals surface area contributed by atoms with Crippen LogP contribution < -0.4 is 4.74 Å². The lowest BCUT2D eigenvalue weighted by Gasteiger charge is -2.13. The Morgan fingerprint density at radius 2 is 1.69 bits per heavy atom. The summed E-state index contributed by atoms with van der Waals surface area (Å²) in [5, 5.41) is 2.09. The number of fused-ring (bicyclic) bond motifs is 1. The van der Waals surface area contributed by atoms with E-state index in [2.05, 4.69) is 0 Å². The summed E-state index contributed by atoms with van der Waals surface area (Å²) in [5.41, 5.74) is 1.73. The number of thioether (sulfide) groups is 1. The molecule has 4 aromatic carbocycles. The van der Waals surface area contributed by atoms with E-state index in [1.165, 1.54) is 17.0 Å². The quantitative estimate of drug-likeness (QED) is 0.256. The maximum Gasteiger partial charge on any atom is 0.293 e. The minimum atomic E-state index is -0.454. The molecule has 1 aliphatic heterocycles. The highest BCUT2D eigenvalue weighted by atomic mass is 35.5. The summed E-state index contributed by atoms with van der Waals surface area (Å²) in [6.45, 7) is 0.122. The molecule has 2 amide bonds. The Morgan fingerprint density at radius 3 is 2.51 bits per heavy atom.